The Morgan fingerprint density at radius 1 is 1.33 bits per heavy atom. The van der Waals surface area contributed by atoms with E-state index in [0.717, 1.165) is 12.3 Å². The second-order valence-electron chi connectivity index (χ2n) is 3.65. The highest BCUT2D eigenvalue weighted by Crippen LogP contribution is 2.37. The first-order valence-corrected chi connectivity index (χ1v) is 5.08. The van der Waals surface area contributed by atoms with E-state index in [4.69, 9.17) is 14.9 Å². The van der Waals surface area contributed by atoms with Crippen molar-refractivity contribution in [3.05, 3.63) is 0 Å². The third kappa shape index (κ3) is 1.92. The summed E-state index contributed by atoms with van der Waals surface area (Å²) in [5.74, 6) is -2.39. The van der Waals surface area contributed by atoms with E-state index in [1.54, 1.807) is 6.07 Å². The minimum absolute atomic E-state index is 0.676. The molecule has 18 heavy (non-hydrogen) atoms. The van der Waals surface area contributed by atoms with Gasteiger partial charge in [0.05, 0.1) is 21.3 Å². The maximum Gasteiger partial charge on any atom is 0.355 e. The summed E-state index contributed by atoms with van der Waals surface area (Å²) >= 11 is 0. The number of methoxy groups -OCH3 is 2. The maximum atomic E-state index is 11.7. The quantitative estimate of drug-likeness (QED) is 0.619. The molecule has 0 aromatic carbocycles. The van der Waals surface area contributed by atoms with Crippen LogP contribution in [0.5, 0.6) is 0 Å². The highest BCUT2D eigenvalue weighted by Gasteiger charge is 2.62. The molecule has 0 saturated carbocycles. The van der Waals surface area contributed by atoms with E-state index < -0.39 is 29.5 Å². The van der Waals surface area contributed by atoms with Crippen LogP contribution in [0.25, 0.3) is 0 Å². The summed E-state index contributed by atoms with van der Waals surface area (Å²) in [7, 11) is 3.56. The smallest absolute Gasteiger partial charge is 0.355 e. The van der Waals surface area contributed by atoms with Gasteiger partial charge < -0.3 is 9.47 Å². The van der Waals surface area contributed by atoms with Gasteiger partial charge in [-0.1, -0.05) is 6.92 Å². The molecule has 0 amide bonds. The number of carbonyl (C=O) groups excluding carboxylic acids is 2. The molecule has 1 fully saturated rings. The Kier molecular flexibility index (Phi) is 4.24. The molecule has 1 aliphatic heterocycles. The molecule has 0 bridgehead atoms. The zero-order chi connectivity index (χ0) is 13.9. The van der Waals surface area contributed by atoms with Gasteiger partial charge in [-0.05, 0) is 5.23 Å². The van der Waals surface area contributed by atoms with E-state index in [2.05, 4.69) is 9.47 Å². The number of hydrogen-bond acceptors (Lipinski definition) is 8. The lowest BCUT2D eigenvalue weighted by Crippen LogP contribution is -2.45. The number of hydroxylamine groups is 2. The fourth-order valence-electron chi connectivity index (χ4n) is 1.79. The van der Waals surface area contributed by atoms with Crippen LogP contribution in [0.15, 0.2) is 0 Å². The second kappa shape index (κ2) is 5.30. The maximum absolute atomic E-state index is 11.7. The normalized spacial score (nSPS) is 31.7. The summed E-state index contributed by atoms with van der Waals surface area (Å²) in [5, 5.41) is 9.94. The topological polar surface area (TPSA) is 98.1 Å². The van der Waals surface area contributed by atoms with E-state index in [1.807, 2.05) is 0 Å². The van der Waals surface area contributed by atoms with Gasteiger partial charge in [0.25, 0.3) is 5.60 Å². The first kappa shape index (κ1) is 14.4. The minimum atomic E-state index is -1.93. The molecule has 0 aromatic rings. The van der Waals surface area contributed by atoms with E-state index in [9.17, 15) is 9.59 Å². The number of rotatable bonds is 3. The summed E-state index contributed by atoms with van der Waals surface area (Å²) < 4.78 is 9.12. The Labute approximate surface area is 104 Å². The number of hydrogen-bond donors (Lipinski definition) is 0. The lowest BCUT2D eigenvalue weighted by molar-refractivity contribution is -0.361. The molecule has 0 spiro atoms. The Bertz CT molecular complexity index is 392. The summed E-state index contributed by atoms with van der Waals surface area (Å²) in [6.07, 6.45) is 0. The van der Waals surface area contributed by atoms with Gasteiger partial charge in [0, 0.05) is 5.92 Å². The van der Waals surface area contributed by atoms with Crippen LogP contribution in [0.1, 0.15) is 6.92 Å². The largest absolute Gasteiger partial charge is 0.468 e. The first-order chi connectivity index (χ1) is 8.48. The zero-order valence-electron chi connectivity index (χ0n) is 10.5. The van der Waals surface area contributed by atoms with Crippen molar-refractivity contribution in [3.63, 3.8) is 0 Å². The van der Waals surface area contributed by atoms with Crippen LogP contribution in [0.2, 0.25) is 0 Å². The lowest BCUT2D eigenvalue weighted by atomic mass is 9.86. The van der Waals surface area contributed by atoms with Crippen LogP contribution >= 0.6 is 0 Å². The zero-order valence-corrected chi connectivity index (χ0v) is 10.5. The predicted octanol–water partition coefficient (Wildman–Crippen LogP) is -0.592. The fourth-order valence-corrected chi connectivity index (χ4v) is 1.79. The Balaban J connectivity index is 3.17. The molecule has 1 heterocycles. The summed E-state index contributed by atoms with van der Waals surface area (Å²) in [6, 6.07) is 0.696. The molecular weight excluding hydrogens is 244 g/mol. The van der Waals surface area contributed by atoms with Crippen LogP contribution in [-0.2, 0) is 28.7 Å². The van der Waals surface area contributed by atoms with Gasteiger partial charge in [0.15, 0.2) is 6.04 Å². The monoisotopic (exact) mass is 258 g/mol. The van der Waals surface area contributed by atoms with Crippen LogP contribution in [0, 0.1) is 17.2 Å². The van der Waals surface area contributed by atoms with E-state index in [1.165, 1.54) is 21.1 Å². The molecule has 100 valence electrons. The number of ether oxygens (including phenoxy) is 2. The third-order valence-electron chi connectivity index (χ3n) is 2.85. The van der Waals surface area contributed by atoms with Crippen molar-refractivity contribution in [3.8, 4) is 6.07 Å². The average Bonchev–Trinajstić information content (AvgIpc) is 2.70. The standard InChI is InChI=1S/C10H14N2O6/c1-6-7(8(13)15-2)12(17-4)18-10(6,5-11)9(14)16-3/h6-7H,1-4H3/t6-,7+,10-/m1/s1. The molecule has 0 aromatic heterocycles. The summed E-state index contributed by atoms with van der Waals surface area (Å²) in [6.45, 7) is 1.50. The molecule has 3 atom stereocenters. The second-order valence-corrected chi connectivity index (χ2v) is 3.65. The van der Waals surface area contributed by atoms with E-state index >= 15 is 0 Å². The van der Waals surface area contributed by atoms with E-state index in [-0.39, 0.29) is 0 Å². The highest BCUT2D eigenvalue weighted by molar-refractivity contribution is 5.86. The van der Waals surface area contributed by atoms with Crippen molar-refractivity contribution in [2.24, 2.45) is 5.92 Å². The van der Waals surface area contributed by atoms with Crippen LogP contribution in [-0.4, -0.2) is 50.1 Å². The Hall–Kier alpha value is -1.69. The van der Waals surface area contributed by atoms with Gasteiger partial charge >= 0.3 is 11.9 Å². The average molecular weight is 258 g/mol. The molecule has 8 nitrogen and oxygen atoms in total. The molecule has 1 aliphatic rings. The van der Waals surface area contributed by atoms with Crippen LogP contribution in [0.4, 0.5) is 0 Å². The predicted molar refractivity (Wildman–Crippen MR) is 55.3 cm³/mol. The number of nitriles is 1. The van der Waals surface area contributed by atoms with Crippen LogP contribution in [0.3, 0.4) is 0 Å². The molecule has 1 saturated heterocycles. The Morgan fingerprint density at radius 3 is 2.33 bits per heavy atom. The van der Waals surface area contributed by atoms with Gasteiger partial charge in [-0.3, -0.25) is 9.63 Å². The Morgan fingerprint density at radius 2 is 1.94 bits per heavy atom. The third-order valence-corrected chi connectivity index (χ3v) is 2.85. The number of nitrogens with zero attached hydrogens (tertiary/aromatic N) is 2. The lowest BCUT2D eigenvalue weighted by Gasteiger charge is -2.20. The summed E-state index contributed by atoms with van der Waals surface area (Å²) in [4.78, 5) is 33.3. The van der Waals surface area contributed by atoms with Crippen molar-refractivity contribution in [1.29, 1.82) is 5.26 Å². The first-order valence-electron chi connectivity index (χ1n) is 5.08. The van der Waals surface area contributed by atoms with Gasteiger partial charge in [-0.2, -0.15) is 5.26 Å². The molecule has 0 radical (unpaired) electrons. The van der Waals surface area contributed by atoms with Crippen molar-refractivity contribution < 1.29 is 28.7 Å². The van der Waals surface area contributed by atoms with Crippen molar-refractivity contribution >= 4 is 11.9 Å². The fraction of sp³-hybridized carbons (Fsp3) is 0.700. The van der Waals surface area contributed by atoms with Gasteiger partial charge in [0.2, 0.25) is 0 Å². The molecule has 0 N–H and O–H groups in total. The summed E-state index contributed by atoms with van der Waals surface area (Å²) in [5.41, 5.74) is -1.93. The number of esters is 2. The molecule has 1 rings (SSSR count). The van der Waals surface area contributed by atoms with Crippen molar-refractivity contribution in [1.82, 2.24) is 5.23 Å². The van der Waals surface area contributed by atoms with E-state index in [0.29, 0.717) is 0 Å². The van der Waals surface area contributed by atoms with Crippen molar-refractivity contribution in [2.45, 2.75) is 18.6 Å². The molecular formula is C10H14N2O6. The molecule has 0 unspecified atom stereocenters. The minimum Gasteiger partial charge on any atom is -0.468 e. The number of carbonyl (C=O) groups is 2. The van der Waals surface area contributed by atoms with Crippen LogP contribution < -0.4 is 0 Å². The van der Waals surface area contributed by atoms with Gasteiger partial charge in [-0.15, -0.1) is 0 Å². The molecule has 0 aliphatic carbocycles. The van der Waals surface area contributed by atoms with Gasteiger partial charge in [0.1, 0.15) is 6.07 Å². The van der Waals surface area contributed by atoms with Gasteiger partial charge in [-0.25, -0.2) is 9.63 Å². The highest BCUT2D eigenvalue weighted by atomic mass is 17.0. The SMILES string of the molecule is COC(=O)[C@@H]1[C@@H](C)[C@](C#N)(C(=O)OC)ON1OC. The molecule has 8 heteroatoms. The van der Waals surface area contributed by atoms with Crippen molar-refractivity contribution in [2.75, 3.05) is 21.3 Å².